The Hall–Kier alpha value is -3.19. The Morgan fingerprint density at radius 1 is 1.29 bits per heavy atom. The first-order valence-electron chi connectivity index (χ1n) is 9.31. The second kappa shape index (κ2) is 6.17. The van der Waals surface area contributed by atoms with Crippen molar-refractivity contribution >= 4 is 5.97 Å². The van der Waals surface area contributed by atoms with Gasteiger partial charge in [-0.15, -0.1) is 0 Å². The fraction of sp³-hybridized carbons (Fsp3) is 0.286. The summed E-state index contributed by atoms with van der Waals surface area (Å²) in [6.45, 7) is 0. The van der Waals surface area contributed by atoms with Gasteiger partial charge in [-0.25, -0.2) is 14.8 Å². The number of H-pyrrole nitrogens is 1. The van der Waals surface area contributed by atoms with Crippen LogP contribution in [0.15, 0.2) is 30.5 Å². The van der Waals surface area contributed by atoms with Crippen LogP contribution in [0.3, 0.4) is 0 Å². The molecule has 142 valence electrons. The van der Waals surface area contributed by atoms with Crippen LogP contribution in [0.2, 0.25) is 0 Å². The number of carboxylic acid groups (broad SMARTS) is 1. The maximum Gasteiger partial charge on any atom is 0.337 e. The van der Waals surface area contributed by atoms with Gasteiger partial charge >= 0.3 is 5.97 Å². The third-order valence-electron chi connectivity index (χ3n) is 5.65. The first-order chi connectivity index (χ1) is 13.6. The molecular formula is C21H20N4O3. The summed E-state index contributed by atoms with van der Waals surface area (Å²) < 4.78 is 5.21. The Morgan fingerprint density at radius 2 is 2.04 bits per heavy atom. The minimum Gasteiger partial charge on any atom is -0.497 e. The van der Waals surface area contributed by atoms with Gasteiger partial charge in [-0.1, -0.05) is 0 Å². The van der Waals surface area contributed by atoms with Gasteiger partial charge in [-0.05, 0) is 54.7 Å². The molecule has 28 heavy (non-hydrogen) atoms. The molecule has 2 aliphatic rings. The van der Waals surface area contributed by atoms with Gasteiger partial charge in [0.05, 0.1) is 24.1 Å². The molecule has 1 fully saturated rings. The molecule has 0 aliphatic heterocycles. The summed E-state index contributed by atoms with van der Waals surface area (Å²) in [4.78, 5) is 24.6. The number of ether oxygens (including phenoxy) is 1. The van der Waals surface area contributed by atoms with Crippen LogP contribution in [0.25, 0.3) is 22.8 Å². The van der Waals surface area contributed by atoms with E-state index in [1.54, 1.807) is 7.11 Å². The number of aryl methyl sites for hydroxylation is 1. The van der Waals surface area contributed by atoms with Gasteiger partial charge in [0.15, 0.2) is 5.82 Å². The number of methoxy groups -OCH3 is 1. The molecule has 0 spiro atoms. The lowest BCUT2D eigenvalue weighted by Gasteiger charge is -2.16. The zero-order valence-corrected chi connectivity index (χ0v) is 15.4. The van der Waals surface area contributed by atoms with E-state index >= 15 is 0 Å². The van der Waals surface area contributed by atoms with Crippen LogP contribution < -0.4 is 10.5 Å². The van der Waals surface area contributed by atoms with Crippen LogP contribution in [0.4, 0.5) is 0 Å². The summed E-state index contributed by atoms with van der Waals surface area (Å²) in [5, 5.41) is 9.80. The molecule has 3 aromatic rings. The third kappa shape index (κ3) is 2.58. The van der Waals surface area contributed by atoms with Gasteiger partial charge < -0.3 is 20.6 Å². The van der Waals surface area contributed by atoms with Crippen LogP contribution in [0.5, 0.6) is 5.75 Å². The highest BCUT2D eigenvalue weighted by molar-refractivity contribution is 5.94. The van der Waals surface area contributed by atoms with E-state index in [1.165, 1.54) is 0 Å². The summed E-state index contributed by atoms with van der Waals surface area (Å²) in [5.74, 6) is 0.554. The smallest absolute Gasteiger partial charge is 0.337 e. The van der Waals surface area contributed by atoms with E-state index in [0.717, 1.165) is 52.4 Å². The van der Waals surface area contributed by atoms with Crippen molar-refractivity contribution in [3.8, 4) is 28.5 Å². The maximum atomic E-state index is 11.9. The molecule has 1 saturated carbocycles. The second-order valence-electron chi connectivity index (χ2n) is 7.37. The molecule has 7 nitrogen and oxygen atoms in total. The normalized spacial score (nSPS) is 19.6. The van der Waals surface area contributed by atoms with Gasteiger partial charge in [0, 0.05) is 29.4 Å². The Kier molecular flexibility index (Phi) is 3.73. The van der Waals surface area contributed by atoms with E-state index in [1.807, 2.05) is 30.5 Å². The number of aromatic nitrogens is 3. The van der Waals surface area contributed by atoms with E-state index in [0.29, 0.717) is 17.8 Å². The summed E-state index contributed by atoms with van der Waals surface area (Å²) in [6, 6.07) is 7.59. The molecule has 2 heterocycles. The second-order valence-corrected chi connectivity index (χ2v) is 7.37. The minimum absolute atomic E-state index is 0.0259. The lowest BCUT2D eigenvalue weighted by molar-refractivity contribution is 0.0694. The highest BCUT2D eigenvalue weighted by atomic mass is 16.5. The van der Waals surface area contributed by atoms with Crippen molar-refractivity contribution in [1.29, 1.82) is 0 Å². The predicted molar refractivity (Wildman–Crippen MR) is 104 cm³/mol. The van der Waals surface area contributed by atoms with Gasteiger partial charge in [-0.2, -0.15) is 0 Å². The van der Waals surface area contributed by atoms with Gasteiger partial charge in [0.2, 0.25) is 0 Å². The Balaban J connectivity index is 1.63. The van der Waals surface area contributed by atoms with Crippen LogP contribution in [0, 0.1) is 0 Å². The zero-order chi connectivity index (χ0) is 19.4. The van der Waals surface area contributed by atoms with E-state index < -0.39 is 5.97 Å². The number of nitrogens with zero attached hydrogens (tertiary/aromatic N) is 2. The first-order valence-corrected chi connectivity index (χ1v) is 9.31. The van der Waals surface area contributed by atoms with Crippen molar-refractivity contribution in [3.63, 3.8) is 0 Å². The summed E-state index contributed by atoms with van der Waals surface area (Å²) in [7, 11) is 1.63. The molecule has 1 aromatic carbocycles. The number of fused-ring (bicyclic) bond motifs is 3. The zero-order valence-electron chi connectivity index (χ0n) is 15.4. The van der Waals surface area contributed by atoms with Crippen LogP contribution >= 0.6 is 0 Å². The molecule has 2 aliphatic carbocycles. The van der Waals surface area contributed by atoms with Gasteiger partial charge in [0.25, 0.3) is 0 Å². The van der Waals surface area contributed by atoms with Crippen molar-refractivity contribution < 1.29 is 14.6 Å². The largest absolute Gasteiger partial charge is 0.497 e. The molecule has 2 atom stereocenters. The van der Waals surface area contributed by atoms with Crippen LogP contribution in [-0.2, 0) is 12.8 Å². The molecule has 7 heteroatoms. The number of hydrogen-bond donors (Lipinski definition) is 3. The molecule has 4 N–H and O–H groups in total. The van der Waals surface area contributed by atoms with Crippen LogP contribution in [-0.4, -0.2) is 39.2 Å². The lowest BCUT2D eigenvalue weighted by atomic mass is 9.92. The monoisotopic (exact) mass is 376 g/mol. The van der Waals surface area contributed by atoms with E-state index in [2.05, 4.69) is 9.97 Å². The number of carbonyl (C=O) groups is 1. The van der Waals surface area contributed by atoms with E-state index in [9.17, 15) is 9.90 Å². The highest BCUT2D eigenvalue weighted by Gasteiger charge is 2.41. The molecular weight excluding hydrogens is 356 g/mol. The highest BCUT2D eigenvalue weighted by Crippen LogP contribution is 2.45. The van der Waals surface area contributed by atoms with Crippen molar-refractivity contribution in [3.05, 3.63) is 52.8 Å². The van der Waals surface area contributed by atoms with Crippen molar-refractivity contribution in [2.45, 2.75) is 31.2 Å². The predicted octanol–water partition coefficient (Wildman–Crippen LogP) is 2.76. The Labute approximate surface area is 161 Å². The molecule has 0 bridgehead atoms. The van der Waals surface area contributed by atoms with E-state index in [-0.39, 0.29) is 12.0 Å². The van der Waals surface area contributed by atoms with Gasteiger partial charge in [-0.3, -0.25) is 0 Å². The molecule has 0 radical (unpaired) electrons. The molecule has 0 amide bonds. The summed E-state index contributed by atoms with van der Waals surface area (Å²) in [5.41, 5.74) is 11.4. The average Bonchev–Trinajstić information content (AvgIpc) is 3.30. The fourth-order valence-corrected chi connectivity index (χ4v) is 4.03. The molecule has 5 rings (SSSR count). The van der Waals surface area contributed by atoms with E-state index in [4.69, 9.17) is 15.5 Å². The quantitative estimate of drug-likeness (QED) is 0.645. The molecule has 2 aromatic heterocycles. The summed E-state index contributed by atoms with van der Waals surface area (Å²) in [6.07, 6.45) is 4.04. The minimum atomic E-state index is -0.903. The number of hydrogen-bond acceptors (Lipinski definition) is 5. The number of aromatic carboxylic acids is 1. The Bertz CT molecular complexity index is 1090. The number of nitrogens with two attached hydrogens (primary N) is 1. The first kappa shape index (κ1) is 16.9. The third-order valence-corrected chi connectivity index (χ3v) is 5.65. The fourth-order valence-electron chi connectivity index (χ4n) is 4.03. The SMILES string of the molecule is COc1ccc(-c2ncc3c(n2)-c2[nH]c(C4CC4N)c(C(=O)O)c2CC3)cc1. The van der Waals surface area contributed by atoms with Crippen molar-refractivity contribution in [1.82, 2.24) is 15.0 Å². The van der Waals surface area contributed by atoms with Crippen molar-refractivity contribution in [2.24, 2.45) is 5.73 Å². The van der Waals surface area contributed by atoms with Crippen LogP contribution in [0.1, 0.15) is 39.5 Å². The number of rotatable bonds is 4. The average molecular weight is 376 g/mol. The summed E-state index contributed by atoms with van der Waals surface area (Å²) >= 11 is 0. The van der Waals surface area contributed by atoms with Gasteiger partial charge in [0.1, 0.15) is 5.75 Å². The Morgan fingerprint density at radius 3 is 2.68 bits per heavy atom. The maximum absolute atomic E-state index is 11.9. The lowest BCUT2D eigenvalue weighted by Crippen LogP contribution is -2.10. The molecule has 0 saturated heterocycles. The topological polar surface area (TPSA) is 114 Å². The number of aromatic amines is 1. The number of carboxylic acids is 1. The van der Waals surface area contributed by atoms with Crippen molar-refractivity contribution in [2.75, 3.05) is 7.11 Å². The standard InChI is InChI=1S/C21H20N4O3/c1-28-12-5-2-10(3-6-12)20-23-9-11-4-7-13-16(21(26)27)18(14-8-15(14)22)24-19(13)17(11)25-20/h2-3,5-6,9,14-15,24H,4,7-8,22H2,1H3,(H,26,27). The number of nitrogens with one attached hydrogen (secondary N) is 1. The number of benzene rings is 1. The molecule has 2 unspecified atom stereocenters.